The molecule has 0 saturated heterocycles. The van der Waals surface area contributed by atoms with Gasteiger partial charge in [-0.2, -0.15) is 0 Å². The van der Waals surface area contributed by atoms with Crippen LogP contribution >= 0.6 is 0 Å². The largest absolute Gasteiger partial charge is 0.326 e. The van der Waals surface area contributed by atoms with E-state index in [9.17, 15) is 4.79 Å². The highest BCUT2D eigenvalue weighted by molar-refractivity contribution is 6.55. The van der Waals surface area contributed by atoms with Crippen molar-refractivity contribution < 1.29 is 0 Å². The zero-order valence-electron chi connectivity index (χ0n) is 9.00. The molecule has 77 valence electrons. The molecule has 1 heterocycles. The Kier molecular flexibility index (Phi) is 2.73. The minimum Gasteiger partial charge on any atom is -0.326 e. The van der Waals surface area contributed by atoms with Gasteiger partial charge in [0.15, 0.2) is 0 Å². The maximum Gasteiger partial charge on any atom is 0.248 e. The summed E-state index contributed by atoms with van der Waals surface area (Å²) in [5.74, 6) is 0. The quantitative estimate of drug-likeness (QED) is 0.768. The van der Waals surface area contributed by atoms with Crippen LogP contribution in [0.4, 0.5) is 0 Å². The molecule has 1 aromatic carbocycles. The molecule has 0 aliphatic heterocycles. The summed E-state index contributed by atoms with van der Waals surface area (Å²) in [5, 5.41) is 2.22. The molecule has 0 aliphatic carbocycles. The van der Waals surface area contributed by atoms with Crippen LogP contribution < -0.4 is 5.56 Å². The second kappa shape index (κ2) is 4.02. The highest BCUT2D eigenvalue weighted by Gasteiger charge is 2.05. The van der Waals surface area contributed by atoms with Crippen LogP contribution in [-0.2, 0) is 6.04 Å². The molecule has 2 nitrogen and oxygen atoms in total. The Morgan fingerprint density at radius 1 is 1.27 bits per heavy atom. The first-order valence-electron chi connectivity index (χ1n) is 5.07. The molecule has 15 heavy (non-hydrogen) atoms. The monoisotopic (exact) mass is 216 g/mol. The number of fused-ring (bicyclic) bond motifs is 1. The molecule has 2 aromatic rings. The van der Waals surface area contributed by atoms with Crippen molar-refractivity contribution in [3.8, 4) is 0 Å². The lowest BCUT2D eigenvalue weighted by Crippen LogP contribution is -2.13. The van der Waals surface area contributed by atoms with E-state index in [2.05, 4.69) is 24.1 Å². The molecular formula is C12H14NOSi. The Bertz CT molecular complexity index is 530. The van der Waals surface area contributed by atoms with Crippen LogP contribution in [0.5, 0.6) is 0 Å². The van der Waals surface area contributed by atoms with Crippen molar-refractivity contribution in [2.45, 2.75) is 19.1 Å². The lowest BCUT2D eigenvalue weighted by Gasteiger charge is -2.07. The van der Waals surface area contributed by atoms with Crippen molar-refractivity contribution in [3.63, 3.8) is 0 Å². The minimum absolute atomic E-state index is 0.00644. The summed E-state index contributed by atoms with van der Waals surface area (Å²) in [4.78, 5) is 14.4. The Hall–Kier alpha value is -1.35. The van der Waals surface area contributed by atoms with E-state index in [1.165, 1.54) is 5.39 Å². The van der Waals surface area contributed by atoms with E-state index >= 15 is 0 Å². The standard InChI is InChI=1S/C12H14NOSi/c1-15(2)8-11-10-6-4-3-5-9(10)7-12(14)13-11/h3-7H,8H2,1-2H3,(H,13,14). The highest BCUT2D eigenvalue weighted by Crippen LogP contribution is 2.15. The van der Waals surface area contributed by atoms with Gasteiger partial charge in [-0.3, -0.25) is 4.79 Å². The van der Waals surface area contributed by atoms with Crippen molar-refractivity contribution >= 4 is 19.6 Å². The predicted octanol–water partition coefficient (Wildman–Crippen LogP) is 2.36. The second-order valence-electron chi connectivity index (χ2n) is 4.08. The molecule has 1 aromatic heterocycles. The first-order valence-corrected chi connectivity index (χ1v) is 7.77. The summed E-state index contributed by atoms with van der Waals surface area (Å²) < 4.78 is 0. The highest BCUT2D eigenvalue weighted by atomic mass is 28.3. The lowest BCUT2D eigenvalue weighted by atomic mass is 10.1. The van der Waals surface area contributed by atoms with Gasteiger partial charge in [0, 0.05) is 25.9 Å². The van der Waals surface area contributed by atoms with E-state index in [0.717, 1.165) is 17.1 Å². The average Bonchev–Trinajstić information content (AvgIpc) is 2.16. The van der Waals surface area contributed by atoms with Gasteiger partial charge in [0.25, 0.3) is 0 Å². The smallest absolute Gasteiger partial charge is 0.248 e. The third-order valence-corrected chi connectivity index (χ3v) is 3.44. The molecule has 0 spiro atoms. The van der Waals surface area contributed by atoms with Gasteiger partial charge in [0.2, 0.25) is 5.56 Å². The molecule has 0 atom stereocenters. The molecule has 0 saturated carbocycles. The maximum absolute atomic E-state index is 11.4. The first kappa shape index (κ1) is 10.2. The number of pyridine rings is 1. The number of aromatic nitrogens is 1. The number of benzene rings is 1. The molecule has 1 N–H and O–H groups in total. The maximum atomic E-state index is 11.4. The Morgan fingerprint density at radius 3 is 2.73 bits per heavy atom. The van der Waals surface area contributed by atoms with Crippen molar-refractivity contribution in [2.75, 3.05) is 0 Å². The number of aromatic amines is 1. The molecule has 0 amide bonds. The van der Waals surface area contributed by atoms with Crippen LogP contribution in [-0.4, -0.2) is 13.8 Å². The molecular weight excluding hydrogens is 202 g/mol. The van der Waals surface area contributed by atoms with Gasteiger partial charge in [0.1, 0.15) is 0 Å². The fraction of sp³-hybridized carbons (Fsp3) is 0.250. The summed E-state index contributed by atoms with van der Waals surface area (Å²) in [6.45, 7) is 4.51. The number of hydrogen-bond acceptors (Lipinski definition) is 1. The van der Waals surface area contributed by atoms with Gasteiger partial charge in [-0.15, -0.1) is 0 Å². The molecule has 0 fully saturated rings. The van der Waals surface area contributed by atoms with E-state index < -0.39 is 0 Å². The van der Waals surface area contributed by atoms with E-state index in [1.54, 1.807) is 6.07 Å². The topological polar surface area (TPSA) is 32.9 Å². The summed E-state index contributed by atoms with van der Waals surface area (Å²) in [7, 11) is -0.364. The fourth-order valence-corrected chi connectivity index (χ4v) is 2.77. The molecule has 2 rings (SSSR count). The second-order valence-corrected chi connectivity index (χ2v) is 6.85. The molecule has 3 heteroatoms. The third kappa shape index (κ3) is 2.18. The molecule has 0 unspecified atom stereocenters. The van der Waals surface area contributed by atoms with Crippen LogP contribution in [0.1, 0.15) is 5.69 Å². The van der Waals surface area contributed by atoms with Crippen LogP contribution in [0.3, 0.4) is 0 Å². The van der Waals surface area contributed by atoms with Gasteiger partial charge in [-0.05, 0) is 11.4 Å². The van der Waals surface area contributed by atoms with E-state index in [0.29, 0.717) is 0 Å². The third-order valence-electron chi connectivity index (χ3n) is 2.38. The summed E-state index contributed by atoms with van der Waals surface area (Å²) in [6.07, 6.45) is 0. The predicted molar refractivity (Wildman–Crippen MR) is 65.8 cm³/mol. The van der Waals surface area contributed by atoms with Gasteiger partial charge in [-0.1, -0.05) is 37.4 Å². The zero-order chi connectivity index (χ0) is 10.8. The molecule has 0 bridgehead atoms. The van der Waals surface area contributed by atoms with Gasteiger partial charge in [-0.25, -0.2) is 0 Å². The number of H-pyrrole nitrogens is 1. The average molecular weight is 216 g/mol. The van der Waals surface area contributed by atoms with E-state index in [1.807, 2.05) is 18.2 Å². The van der Waals surface area contributed by atoms with Gasteiger partial charge in [0.05, 0.1) is 0 Å². The van der Waals surface area contributed by atoms with Gasteiger partial charge >= 0.3 is 0 Å². The Balaban J connectivity index is 2.66. The minimum atomic E-state index is -0.364. The number of hydrogen-bond donors (Lipinski definition) is 1. The van der Waals surface area contributed by atoms with E-state index in [4.69, 9.17) is 0 Å². The van der Waals surface area contributed by atoms with E-state index in [-0.39, 0.29) is 14.4 Å². The first-order chi connectivity index (χ1) is 7.16. The van der Waals surface area contributed by atoms with Crippen molar-refractivity contribution in [1.29, 1.82) is 0 Å². The molecule has 0 aliphatic rings. The van der Waals surface area contributed by atoms with Crippen LogP contribution in [0.2, 0.25) is 13.1 Å². The summed E-state index contributed by atoms with van der Waals surface area (Å²) >= 11 is 0. The van der Waals surface area contributed by atoms with Crippen LogP contribution in [0, 0.1) is 0 Å². The number of nitrogens with one attached hydrogen (secondary N) is 1. The number of rotatable bonds is 2. The summed E-state index contributed by atoms with van der Waals surface area (Å²) in [5.41, 5.74) is 1.10. The van der Waals surface area contributed by atoms with Crippen LogP contribution in [0.25, 0.3) is 10.8 Å². The van der Waals surface area contributed by atoms with Crippen molar-refractivity contribution in [1.82, 2.24) is 4.98 Å². The lowest BCUT2D eigenvalue weighted by molar-refractivity contribution is 1.13. The molecule has 1 radical (unpaired) electrons. The fourth-order valence-electron chi connectivity index (χ4n) is 1.78. The van der Waals surface area contributed by atoms with Crippen molar-refractivity contribution in [3.05, 3.63) is 46.4 Å². The SMILES string of the molecule is C[Si](C)Cc1[nH]c(=O)cc2ccccc12. The Labute approximate surface area is 90.6 Å². The normalized spacial score (nSPS) is 11.1. The van der Waals surface area contributed by atoms with Crippen molar-refractivity contribution in [2.24, 2.45) is 0 Å². The zero-order valence-corrected chi connectivity index (χ0v) is 10.0. The van der Waals surface area contributed by atoms with Crippen LogP contribution in [0.15, 0.2) is 35.1 Å². The van der Waals surface area contributed by atoms with Gasteiger partial charge < -0.3 is 4.98 Å². The summed E-state index contributed by atoms with van der Waals surface area (Å²) in [6, 6.07) is 10.7. The Morgan fingerprint density at radius 2 is 2.00 bits per heavy atom.